The predicted molar refractivity (Wildman–Crippen MR) is 145 cm³/mol. The Morgan fingerprint density at radius 2 is 1.58 bits per heavy atom. The van der Waals surface area contributed by atoms with Gasteiger partial charge in [0.2, 0.25) is 5.91 Å². The van der Waals surface area contributed by atoms with E-state index < -0.39 is 11.6 Å². The van der Waals surface area contributed by atoms with Crippen molar-refractivity contribution in [1.29, 1.82) is 0 Å². The Bertz CT molecular complexity index is 1140. The van der Waals surface area contributed by atoms with Gasteiger partial charge in [0, 0.05) is 23.0 Å². The molecule has 6 nitrogen and oxygen atoms in total. The highest BCUT2D eigenvalue weighted by Crippen LogP contribution is 2.20. The molecule has 36 heavy (non-hydrogen) atoms. The van der Waals surface area contributed by atoms with Crippen molar-refractivity contribution in [2.24, 2.45) is 0 Å². The minimum Gasteiger partial charge on any atom is -0.497 e. The van der Waals surface area contributed by atoms with Crippen LogP contribution in [0.2, 0.25) is 0 Å². The SMILES string of the molecule is COc1cccc(CN(C(=O)COc2ccc(Br)cc2)[C@H](Cc2ccccc2)C(=O)NC(C)(C)C)c1. The third kappa shape index (κ3) is 8.41. The molecule has 0 saturated heterocycles. The van der Waals surface area contributed by atoms with Gasteiger partial charge in [0.15, 0.2) is 6.61 Å². The lowest BCUT2D eigenvalue weighted by atomic mass is 10.0. The second-order valence-electron chi connectivity index (χ2n) is 9.56. The number of hydrogen-bond acceptors (Lipinski definition) is 4. The molecule has 3 aromatic carbocycles. The van der Waals surface area contributed by atoms with Crippen molar-refractivity contribution < 1.29 is 19.1 Å². The summed E-state index contributed by atoms with van der Waals surface area (Å²) in [6, 6.07) is 23.8. The van der Waals surface area contributed by atoms with Crippen LogP contribution in [0.4, 0.5) is 0 Å². The minimum atomic E-state index is -0.737. The van der Waals surface area contributed by atoms with Crippen LogP contribution in [0, 0.1) is 0 Å². The molecule has 0 aliphatic carbocycles. The molecule has 0 aliphatic heterocycles. The summed E-state index contributed by atoms with van der Waals surface area (Å²) in [6.07, 6.45) is 0.372. The van der Waals surface area contributed by atoms with E-state index >= 15 is 0 Å². The van der Waals surface area contributed by atoms with Crippen LogP contribution in [0.25, 0.3) is 0 Å². The van der Waals surface area contributed by atoms with Crippen molar-refractivity contribution in [3.05, 3.63) is 94.5 Å². The highest BCUT2D eigenvalue weighted by molar-refractivity contribution is 9.10. The number of nitrogens with zero attached hydrogens (tertiary/aromatic N) is 1. The van der Waals surface area contributed by atoms with E-state index in [0.29, 0.717) is 17.9 Å². The summed E-state index contributed by atoms with van der Waals surface area (Å²) in [5.74, 6) is 0.758. The quantitative estimate of drug-likeness (QED) is 0.366. The van der Waals surface area contributed by atoms with Crippen molar-refractivity contribution in [2.45, 2.75) is 45.3 Å². The monoisotopic (exact) mass is 552 g/mol. The van der Waals surface area contributed by atoms with E-state index in [1.54, 1.807) is 24.1 Å². The molecule has 2 amide bonds. The first kappa shape index (κ1) is 27.3. The van der Waals surface area contributed by atoms with Crippen molar-refractivity contribution in [3.63, 3.8) is 0 Å². The van der Waals surface area contributed by atoms with E-state index in [4.69, 9.17) is 9.47 Å². The zero-order valence-corrected chi connectivity index (χ0v) is 22.7. The topological polar surface area (TPSA) is 67.9 Å². The van der Waals surface area contributed by atoms with Gasteiger partial charge in [-0.25, -0.2) is 0 Å². The molecule has 0 saturated carbocycles. The average Bonchev–Trinajstić information content (AvgIpc) is 2.85. The maximum atomic E-state index is 13.6. The molecule has 0 radical (unpaired) electrons. The Balaban J connectivity index is 1.93. The van der Waals surface area contributed by atoms with Crippen molar-refractivity contribution >= 4 is 27.7 Å². The first-order chi connectivity index (χ1) is 17.1. The van der Waals surface area contributed by atoms with Crippen LogP contribution in [0.3, 0.4) is 0 Å². The molecule has 0 fully saturated rings. The Hall–Kier alpha value is -3.32. The molecule has 7 heteroatoms. The molecule has 0 unspecified atom stereocenters. The molecule has 0 aliphatic rings. The third-order valence-electron chi connectivity index (χ3n) is 5.43. The molecule has 0 aromatic heterocycles. The Kier molecular flexibility index (Phi) is 9.53. The zero-order chi connectivity index (χ0) is 26.1. The fraction of sp³-hybridized carbons (Fsp3) is 0.310. The molecule has 190 valence electrons. The largest absolute Gasteiger partial charge is 0.497 e. The molecule has 3 aromatic rings. The molecule has 0 heterocycles. The molecular formula is C29H33BrN2O4. The number of hydrogen-bond donors (Lipinski definition) is 1. The van der Waals surface area contributed by atoms with Crippen LogP contribution < -0.4 is 14.8 Å². The number of rotatable bonds is 10. The van der Waals surface area contributed by atoms with Gasteiger partial charge in [0.25, 0.3) is 5.91 Å². The number of nitrogens with one attached hydrogen (secondary N) is 1. The smallest absolute Gasteiger partial charge is 0.261 e. The summed E-state index contributed by atoms with van der Waals surface area (Å²) < 4.78 is 12.1. The number of carbonyl (C=O) groups is 2. The number of benzene rings is 3. The standard InChI is InChI=1S/C29H33BrN2O4/c1-29(2,3)31-28(34)26(18-21-9-6-5-7-10-21)32(19-22-11-8-12-25(17-22)35-4)27(33)20-36-24-15-13-23(30)14-16-24/h5-17,26H,18-20H2,1-4H3,(H,31,34)/t26-/m1/s1. The van der Waals surface area contributed by atoms with Crippen molar-refractivity contribution in [3.8, 4) is 11.5 Å². The van der Waals surface area contributed by atoms with Crippen molar-refractivity contribution in [2.75, 3.05) is 13.7 Å². The lowest BCUT2D eigenvalue weighted by Crippen LogP contribution is -2.55. The molecule has 0 bridgehead atoms. The maximum absolute atomic E-state index is 13.6. The lowest BCUT2D eigenvalue weighted by Gasteiger charge is -2.33. The van der Waals surface area contributed by atoms with Gasteiger partial charge in [0.1, 0.15) is 17.5 Å². The van der Waals surface area contributed by atoms with E-state index in [2.05, 4.69) is 21.2 Å². The third-order valence-corrected chi connectivity index (χ3v) is 5.96. The van der Waals surface area contributed by atoms with Crippen LogP contribution in [0.15, 0.2) is 83.3 Å². The van der Waals surface area contributed by atoms with E-state index in [0.717, 1.165) is 15.6 Å². The fourth-order valence-corrected chi connectivity index (χ4v) is 4.00. The summed E-state index contributed by atoms with van der Waals surface area (Å²) >= 11 is 3.40. The Labute approximate surface area is 221 Å². The van der Waals surface area contributed by atoms with Crippen LogP contribution in [0.5, 0.6) is 11.5 Å². The first-order valence-electron chi connectivity index (χ1n) is 11.8. The van der Waals surface area contributed by atoms with E-state index in [1.807, 2.05) is 87.5 Å². The highest BCUT2D eigenvalue weighted by atomic mass is 79.9. The van der Waals surface area contributed by atoms with Crippen LogP contribution in [-0.4, -0.2) is 42.0 Å². The van der Waals surface area contributed by atoms with E-state index in [9.17, 15) is 9.59 Å². The van der Waals surface area contributed by atoms with Gasteiger partial charge in [0.05, 0.1) is 7.11 Å². The van der Waals surface area contributed by atoms with Gasteiger partial charge in [-0.05, 0) is 68.3 Å². The Morgan fingerprint density at radius 3 is 2.22 bits per heavy atom. The molecular weight excluding hydrogens is 520 g/mol. The molecule has 3 rings (SSSR count). The van der Waals surface area contributed by atoms with Gasteiger partial charge >= 0.3 is 0 Å². The Morgan fingerprint density at radius 1 is 0.917 bits per heavy atom. The number of methoxy groups -OCH3 is 1. The van der Waals surface area contributed by atoms with Gasteiger partial charge in [-0.2, -0.15) is 0 Å². The summed E-state index contributed by atoms with van der Waals surface area (Å²) in [5.41, 5.74) is 1.36. The summed E-state index contributed by atoms with van der Waals surface area (Å²) in [7, 11) is 1.60. The second kappa shape index (κ2) is 12.6. The lowest BCUT2D eigenvalue weighted by molar-refractivity contribution is -0.143. The normalized spacial score (nSPS) is 11.9. The predicted octanol–water partition coefficient (Wildman–Crippen LogP) is 5.39. The maximum Gasteiger partial charge on any atom is 0.261 e. The van der Waals surface area contributed by atoms with E-state index in [-0.39, 0.29) is 25.0 Å². The summed E-state index contributed by atoms with van der Waals surface area (Å²) in [6.45, 7) is 5.81. The number of halogens is 1. The zero-order valence-electron chi connectivity index (χ0n) is 21.2. The fourth-order valence-electron chi connectivity index (χ4n) is 3.73. The van der Waals surface area contributed by atoms with Crippen LogP contribution in [-0.2, 0) is 22.6 Å². The molecule has 1 N–H and O–H groups in total. The molecule has 1 atom stereocenters. The highest BCUT2D eigenvalue weighted by Gasteiger charge is 2.32. The molecule has 0 spiro atoms. The number of ether oxygens (including phenoxy) is 2. The van der Waals surface area contributed by atoms with Gasteiger partial charge in [-0.3, -0.25) is 9.59 Å². The number of amides is 2. The van der Waals surface area contributed by atoms with Crippen LogP contribution in [0.1, 0.15) is 31.9 Å². The van der Waals surface area contributed by atoms with Gasteiger partial charge in [-0.1, -0.05) is 58.4 Å². The second-order valence-corrected chi connectivity index (χ2v) is 10.5. The van der Waals surface area contributed by atoms with Crippen molar-refractivity contribution in [1.82, 2.24) is 10.2 Å². The average molecular weight is 553 g/mol. The first-order valence-corrected chi connectivity index (χ1v) is 12.6. The van der Waals surface area contributed by atoms with Gasteiger partial charge < -0.3 is 19.7 Å². The van der Waals surface area contributed by atoms with E-state index in [1.165, 1.54) is 0 Å². The number of carbonyl (C=O) groups excluding carboxylic acids is 2. The summed E-state index contributed by atoms with van der Waals surface area (Å²) in [4.78, 5) is 28.8. The van der Waals surface area contributed by atoms with Gasteiger partial charge in [-0.15, -0.1) is 0 Å². The van der Waals surface area contributed by atoms with Crippen LogP contribution >= 0.6 is 15.9 Å². The minimum absolute atomic E-state index is 0.195. The summed E-state index contributed by atoms with van der Waals surface area (Å²) in [5, 5.41) is 3.06.